The average molecular weight is 219 g/mol. The van der Waals surface area contributed by atoms with Crippen LogP contribution in [0.3, 0.4) is 0 Å². The maximum atomic E-state index is 3.83. The third-order valence-electron chi connectivity index (χ3n) is 2.75. The summed E-state index contributed by atoms with van der Waals surface area (Å²) in [6.45, 7) is 0. The Kier molecular flexibility index (Phi) is 2.47. The number of hydrogen-bond donors (Lipinski definition) is 1. The Hall–Kier alpha value is -2.35. The summed E-state index contributed by atoms with van der Waals surface area (Å²) in [4.78, 5) is 0. The van der Waals surface area contributed by atoms with Crippen LogP contribution < -0.4 is 0 Å². The van der Waals surface area contributed by atoms with Gasteiger partial charge < -0.3 is 0 Å². The number of rotatable bonds is 2. The molecule has 0 fully saturated rings. The molecule has 2 nitrogen and oxygen atoms in total. The topological polar surface area (TPSA) is 28.7 Å². The number of nitrogens with one attached hydrogen (secondary N) is 1. The van der Waals surface area contributed by atoms with Gasteiger partial charge in [0.05, 0.1) is 5.69 Å². The molecule has 3 aromatic rings. The number of nitrogens with zero attached hydrogens (tertiary/aromatic N) is 1. The maximum Gasteiger partial charge on any atom is 0.113 e. The van der Waals surface area contributed by atoms with E-state index in [1.807, 2.05) is 24.3 Å². The smallest absolute Gasteiger partial charge is 0.113 e. The Bertz CT molecular complexity index is 581. The minimum Gasteiger partial charge on any atom is -0.277 e. The molecule has 0 aliphatic rings. The fourth-order valence-corrected chi connectivity index (χ4v) is 1.84. The zero-order valence-electron chi connectivity index (χ0n) is 9.22. The highest BCUT2D eigenvalue weighted by Gasteiger charge is 2.00. The fourth-order valence-electron chi connectivity index (χ4n) is 1.84. The van der Waals surface area contributed by atoms with Crippen LogP contribution in [0.4, 0.5) is 0 Å². The van der Waals surface area contributed by atoms with Gasteiger partial charge in [-0.1, -0.05) is 54.6 Å². The van der Waals surface area contributed by atoms with Gasteiger partial charge in [0.1, 0.15) is 6.20 Å². The lowest BCUT2D eigenvalue weighted by atomic mass is 10.0. The van der Waals surface area contributed by atoms with E-state index < -0.39 is 0 Å². The van der Waals surface area contributed by atoms with Gasteiger partial charge in [-0.3, -0.25) is 5.10 Å². The largest absolute Gasteiger partial charge is 0.277 e. The first-order valence-corrected chi connectivity index (χ1v) is 5.51. The molecule has 0 spiro atoms. The fraction of sp³-hybridized carbons (Fsp3) is 0. The van der Waals surface area contributed by atoms with Crippen LogP contribution in [0.2, 0.25) is 0 Å². The standard InChI is InChI=1S/C15H11N2/c1-2-4-12(5-3-1)13-6-8-14(9-7-13)15-10-11-16-17-15/h1-10H,(H,16,17). The molecular weight excluding hydrogens is 208 g/mol. The molecule has 1 N–H and O–H groups in total. The predicted molar refractivity (Wildman–Crippen MR) is 68.3 cm³/mol. The van der Waals surface area contributed by atoms with Gasteiger partial charge in [-0.25, -0.2) is 0 Å². The van der Waals surface area contributed by atoms with Crippen molar-refractivity contribution < 1.29 is 0 Å². The lowest BCUT2D eigenvalue weighted by Crippen LogP contribution is -1.80. The molecule has 0 aliphatic heterocycles. The van der Waals surface area contributed by atoms with E-state index in [0.717, 1.165) is 11.3 Å². The molecule has 0 aliphatic carbocycles. The van der Waals surface area contributed by atoms with Gasteiger partial charge >= 0.3 is 0 Å². The van der Waals surface area contributed by atoms with Crippen LogP contribution >= 0.6 is 0 Å². The minimum absolute atomic E-state index is 0.990. The summed E-state index contributed by atoms with van der Waals surface area (Å²) in [7, 11) is 0. The first kappa shape index (κ1) is 9.85. The van der Waals surface area contributed by atoms with Gasteiger partial charge in [-0.05, 0) is 22.8 Å². The van der Waals surface area contributed by atoms with Crippen molar-refractivity contribution in [1.82, 2.24) is 10.2 Å². The van der Waals surface area contributed by atoms with E-state index in [4.69, 9.17) is 0 Å². The number of aromatic nitrogens is 2. The molecule has 1 heterocycles. The molecule has 17 heavy (non-hydrogen) atoms. The van der Waals surface area contributed by atoms with Crippen LogP contribution in [0.25, 0.3) is 22.4 Å². The minimum atomic E-state index is 0.990. The van der Waals surface area contributed by atoms with Crippen LogP contribution in [-0.4, -0.2) is 10.2 Å². The first-order chi connectivity index (χ1) is 8.43. The molecule has 0 saturated heterocycles. The van der Waals surface area contributed by atoms with E-state index in [9.17, 15) is 0 Å². The quantitative estimate of drug-likeness (QED) is 0.701. The predicted octanol–water partition coefficient (Wildman–Crippen LogP) is 3.54. The number of benzene rings is 2. The molecule has 2 aromatic carbocycles. The zero-order valence-corrected chi connectivity index (χ0v) is 9.22. The van der Waals surface area contributed by atoms with Gasteiger partial charge in [0.25, 0.3) is 0 Å². The van der Waals surface area contributed by atoms with Crippen molar-refractivity contribution in [2.75, 3.05) is 0 Å². The summed E-state index contributed by atoms with van der Waals surface area (Å²) in [6.07, 6.45) is 2.77. The van der Waals surface area contributed by atoms with Crippen molar-refractivity contribution in [3.8, 4) is 22.4 Å². The lowest BCUT2D eigenvalue weighted by molar-refractivity contribution is 1.09. The van der Waals surface area contributed by atoms with Crippen molar-refractivity contribution in [2.45, 2.75) is 0 Å². The van der Waals surface area contributed by atoms with E-state index >= 15 is 0 Å². The van der Waals surface area contributed by atoms with Gasteiger partial charge in [0.15, 0.2) is 0 Å². The monoisotopic (exact) mass is 219 g/mol. The summed E-state index contributed by atoms with van der Waals surface area (Å²) in [5, 5.41) is 6.74. The Balaban J connectivity index is 1.96. The van der Waals surface area contributed by atoms with Gasteiger partial charge in [-0.2, -0.15) is 5.10 Å². The van der Waals surface area contributed by atoms with Crippen molar-refractivity contribution >= 4 is 0 Å². The van der Waals surface area contributed by atoms with Crippen LogP contribution in [-0.2, 0) is 0 Å². The van der Waals surface area contributed by atoms with Gasteiger partial charge in [0, 0.05) is 0 Å². The number of aromatic amines is 1. The molecule has 0 amide bonds. The highest BCUT2D eigenvalue weighted by Crippen LogP contribution is 2.23. The Labute approximate surface area is 99.9 Å². The summed E-state index contributed by atoms with van der Waals surface area (Å²) < 4.78 is 0. The van der Waals surface area contributed by atoms with E-state index in [-0.39, 0.29) is 0 Å². The molecule has 81 valence electrons. The van der Waals surface area contributed by atoms with E-state index in [1.54, 1.807) is 0 Å². The third-order valence-corrected chi connectivity index (χ3v) is 2.75. The average Bonchev–Trinajstić information content (AvgIpc) is 2.94. The summed E-state index contributed by atoms with van der Waals surface area (Å²) in [5.41, 5.74) is 4.57. The summed E-state index contributed by atoms with van der Waals surface area (Å²) in [6, 6.07) is 20.6. The SMILES string of the molecule is [c]1cc(-c2ccc(-c3ccccc3)cc2)[nH]n1. The number of H-pyrrole nitrogens is 1. The second-order valence-electron chi connectivity index (χ2n) is 3.85. The Morgan fingerprint density at radius 1 is 0.765 bits per heavy atom. The van der Waals surface area contributed by atoms with E-state index in [0.29, 0.717) is 0 Å². The second-order valence-corrected chi connectivity index (χ2v) is 3.85. The third kappa shape index (κ3) is 1.97. The van der Waals surface area contributed by atoms with Crippen LogP contribution in [0.1, 0.15) is 0 Å². The van der Waals surface area contributed by atoms with Crippen molar-refractivity contribution in [3.05, 3.63) is 66.9 Å². The van der Waals surface area contributed by atoms with E-state index in [1.165, 1.54) is 11.1 Å². The molecule has 0 atom stereocenters. The Morgan fingerprint density at radius 2 is 1.41 bits per heavy atom. The zero-order chi connectivity index (χ0) is 11.5. The first-order valence-electron chi connectivity index (χ1n) is 5.51. The van der Waals surface area contributed by atoms with E-state index in [2.05, 4.69) is 52.8 Å². The van der Waals surface area contributed by atoms with Crippen molar-refractivity contribution in [3.63, 3.8) is 0 Å². The molecule has 1 aromatic heterocycles. The molecule has 0 unspecified atom stereocenters. The van der Waals surface area contributed by atoms with Crippen LogP contribution in [0.15, 0.2) is 60.7 Å². The molecule has 3 rings (SSSR count). The maximum absolute atomic E-state index is 3.83. The second kappa shape index (κ2) is 4.26. The highest BCUT2D eigenvalue weighted by atomic mass is 15.1. The summed E-state index contributed by atoms with van der Waals surface area (Å²) >= 11 is 0. The molecule has 2 heteroatoms. The van der Waals surface area contributed by atoms with Crippen LogP contribution in [0, 0.1) is 6.20 Å². The lowest BCUT2D eigenvalue weighted by Gasteiger charge is -2.02. The van der Waals surface area contributed by atoms with Crippen molar-refractivity contribution in [2.24, 2.45) is 0 Å². The molecule has 0 saturated carbocycles. The van der Waals surface area contributed by atoms with Crippen LogP contribution in [0.5, 0.6) is 0 Å². The van der Waals surface area contributed by atoms with Gasteiger partial charge in [-0.15, -0.1) is 0 Å². The summed E-state index contributed by atoms with van der Waals surface area (Å²) in [5.74, 6) is 0. The molecule has 0 bridgehead atoms. The Morgan fingerprint density at radius 3 is 2.06 bits per heavy atom. The highest BCUT2D eigenvalue weighted by molar-refractivity contribution is 5.68. The number of hydrogen-bond acceptors (Lipinski definition) is 1. The van der Waals surface area contributed by atoms with Crippen molar-refractivity contribution in [1.29, 1.82) is 0 Å². The molecular formula is C15H11N2. The van der Waals surface area contributed by atoms with Gasteiger partial charge in [0.2, 0.25) is 0 Å². The normalized spacial score (nSPS) is 10.4. The molecule has 1 radical (unpaired) electrons.